The summed E-state index contributed by atoms with van der Waals surface area (Å²) in [6.45, 7) is 7.88. The molecule has 1 aromatic rings. The molecule has 0 fully saturated rings. The van der Waals surface area contributed by atoms with E-state index in [0.29, 0.717) is 5.92 Å². The summed E-state index contributed by atoms with van der Waals surface area (Å²) >= 11 is 2.23. The quantitative estimate of drug-likeness (QED) is 0.429. The van der Waals surface area contributed by atoms with Crippen molar-refractivity contribution in [2.24, 2.45) is 0 Å². The van der Waals surface area contributed by atoms with Crippen molar-refractivity contribution in [3.05, 3.63) is 48.6 Å². The van der Waals surface area contributed by atoms with Crippen molar-refractivity contribution in [2.45, 2.75) is 19.8 Å². The van der Waals surface area contributed by atoms with Crippen LogP contribution in [-0.2, 0) is 0 Å². The lowest BCUT2D eigenvalue weighted by atomic mass is 10.0. The first kappa shape index (κ1) is 12.7. The third kappa shape index (κ3) is 6.82. The van der Waals surface area contributed by atoms with Gasteiger partial charge in [-0.25, -0.2) is 0 Å². The van der Waals surface area contributed by atoms with Gasteiger partial charge in [0.2, 0.25) is 0 Å². The van der Waals surface area contributed by atoms with Gasteiger partial charge in [-0.15, -0.1) is 6.58 Å². The molecule has 0 atom stereocenters. The van der Waals surface area contributed by atoms with Gasteiger partial charge in [-0.1, -0.05) is 72.8 Å². The average molecular weight is 288 g/mol. The molecule has 0 aromatic heterocycles. The zero-order valence-corrected chi connectivity index (χ0v) is 10.5. The first-order chi connectivity index (χ1) is 6.22. The van der Waals surface area contributed by atoms with Gasteiger partial charge in [0, 0.05) is 4.43 Å². The molecular weight excluding hydrogens is 271 g/mol. The molecule has 72 valence electrons. The molecule has 0 spiro atoms. The number of alkyl halides is 1. The average Bonchev–Trinajstić information content (AvgIpc) is 2.19. The van der Waals surface area contributed by atoms with Crippen molar-refractivity contribution in [1.82, 2.24) is 0 Å². The van der Waals surface area contributed by atoms with E-state index in [1.54, 1.807) is 0 Å². The van der Waals surface area contributed by atoms with Gasteiger partial charge >= 0.3 is 0 Å². The van der Waals surface area contributed by atoms with Crippen LogP contribution in [0.5, 0.6) is 0 Å². The maximum absolute atomic E-state index is 3.47. The lowest BCUT2D eigenvalue weighted by molar-refractivity contribution is 0.867. The minimum absolute atomic E-state index is 0.659. The van der Waals surface area contributed by atoms with Crippen LogP contribution in [-0.4, -0.2) is 4.43 Å². The van der Waals surface area contributed by atoms with E-state index < -0.39 is 0 Å². The molecule has 0 bridgehead atoms. The van der Waals surface area contributed by atoms with Gasteiger partial charge in [0.05, 0.1) is 0 Å². The van der Waals surface area contributed by atoms with Crippen molar-refractivity contribution in [1.29, 1.82) is 0 Å². The van der Waals surface area contributed by atoms with Crippen LogP contribution < -0.4 is 0 Å². The molecular formula is C12H17I. The van der Waals surface area contributed by atoms with Crippen LogP contribution in [0.2, 0.25) is 0 Å². The molecule has 0 N–H and O–H groups in total. The van der Waals surface area contributed by atoms with Crippen LogP contribution in [0.15, 0.2) is 43.0 Å². The second-order valence-electron chi connectivity index (χ2n) is 3.01. The normalized spacial score (nSPS) is 8.92. The fourth-order valence-corrected chi connectivity index (χ4v) is 0.838. The summed E-state index contributed by atoms with van der Waals surface area (Å²) < 4.78 is 1.05. The van der Waals surface area contributed by atoms with Crippen molar-refractivity contribution >= 4 is 22.6 Å². The minimum Gasteiger partial charge on any atom is -0.102 e. The Morgan fingerprint density at radius 1 is 1.31 bits per heavy atom. The molecule has 13 heavy (non-hydrogen) atoms. The summed E-state index contributed by atoms with van der Waals surface area (Å²) in [5, 5.41) is 0. The van der Waals surface area contributed by atoms with Crippen LogP contribution in [0.25, 0.3) is 0 Å². The third-order valence-electron chi connectivity index (χ3n) is 1.58. The van der Waals surface area contributed by atoms with E-state index >= 15 is 0 Å². The van der Waals surface area contributed by atoms with E-state index in [0.717, 1.165) is 4.43 Å². The van der Waals surface area contributed by atoms with Gasteiger partial charge in [-0.05, 0) is 11.5 Å². The molecule has 0 unspecified atom stereocenters. The van der Waals surface area contributed by atoms with E-state index in [1.807, 2.05) is 12.1 Å². The largest absolute Gasteiger partial charge is 0.102 e. The Hall–Kier alpha value is -0.310. The number of hydrogen-bond donors (Lipinski definition) is 0. The predicted molar refractivity (Wildman–Crippen MR) is 69.6 cm³/mol. The third-order valence-corrected chi connectivity index (χ3v) is 2.20. The van der Waals surface area contributed by atoms with Crippen molar-refractivity contribution in [3.63, 3.8) is 0 Å². The summed E-state index contributed by atoms with van der Waals surface area (Å²) in [6, 6.07) is 10.5. The maximum atomic E-state index is 3.47. The number of rotatable bonds is 2. The first-order valence-corrected chi connectivity index (χ1v) is 5.96. The number of benzene rings is 1. The summed E-state index contributed by atoms with van der Waals surface area (Å²) in [7, 11) is 0. The van der Waals surface area contributed by atoms with Gasteiger partial charge in [0.15, 0.2) is 0 Å². The zero-order valence-electron chi connectivity index (χ0n) is 8.33. The molecule has 0 aliphatic heterocycles. The second-order valence-corrected chi connectivity index (χ2v) is 3.89. The van der Waals surface area contributed by atoms with Crippen molar-refractivity contribution < 1.29 is 0 Å². The lowest BCUT2D eigenvalue weighted by Crippen LogP contribution is -1.83. The second kappa shape index (κ2) is 8.30. The highest BCUT2D eigenvalue weighted by Crippen LogP contribution is 2.11. The van der Waals surface area contributed by atoms with Gasteiger partial charge in [-0.2, -0.15) is 0 Å². The van der Waals surface area contributed by atoms with Gasteiger partial charge < -0.3 is 0 Å². The SMILES string of the molecule is C=CCI.CC(C)c1ccccc1. The van der Waals surface area contributed by atoms with E-state index in [9.17, 15) is 0 Å². The van der Waals surface area contributed by atoms with Crippen LogP contribution in [0.1, 0.15) is 25.3 Å². The van der Waals surface area contributed by atoms with Gasteiger partial charge in [0.25, 0.3) is 0 Å². The Bertz CT molecular complexity index is 214. The zero-order chi connectivity index (χ0) is 10.1. The number of halogens is 1. The highest BCUT2D eigenvalue weighted by molar-refractivity contribution is 14.1. The molecule has 1 heteroatoms. The van der Waals surface area contributed by atoms with Gasteiger partial charge in [0.1, 0.15) is 0 Å². The maximum Gasteiger partial charge on any atom is 0.0173 e. The number of hydrogen-bond acceptors (Lipinski definition) is 0. The Morgan fingerprint density at radius 3 is 2.00 bits per heavy atom. The standard InChI is InChI=1S/C9H12.C3H5I/c1-8(2)9-6-4-3-5-7-9;1-2-3-4/h3-8H,1-2H3;2H,1,3H2. The fourth-order valence-electron chi connectivity index (χ4n) is 0.838. The Balaban J connectivity index is 0.000000310. The smallest absolute Gasteiger partial charge is 0.0173 e. The Labute approximate surface area is 95.2 Å². The van der Waals surface area contributed by atoms with Crippen LogP contribution in [0, 0.1) is 0 Å². The Morgan fingerprint density at radius 2 is 1.77 bits per heavy atom. The van der Waals surface area contributed by atoms with E-state index in [1.165, 1.54) is 5.56 Å². The van der Waals surface area contributed by atoms with E-state index in [-0.39, 0.29) is 0 Å². The summed E-state index contributed by atoms with van der Waals surface area (Å²) in [5.41, 5.74) is 1.41. The summed E-state index contributed by atoms with van der Waals surface area (Å²) in [5.74, 6) is 0.659. The van der Waals surface area contributed by atoms with E-state index in [4.69, 9.17) is 0 Å². The highest BCUT2D eigenvalue weighted by atomic mass is 127. The summed E-state index contributed by atoms with van der Waals surface area (Å²) in [4.78, 5) is 0. The molecule has 1 aromatic carbocycles. The highest BCUT2D eigenvalue weighted by Gasteiger charge is 1.93. The van der Waals surface area contributed by atoms with E-state index in [2.05, 4.69) is 67.3 Å². The molecule has 0 aliphatic carbocycles. The molecule has 1 rings (SSSR count). The topological polar surface area (TPSA) is 0 Å². The first-order valence-electron chi connectivity index (χ1n) is 4.44. The van der Waals surface area contributed by atoms with Crippen LogP contribution >= 0.6 is 22.6 Å². The van der Waals surface area contributed by atoms with Crippen molar-refractivity contribution in [3.8, 4) is 0 Å². The van der Waals surface area contributed by atoms with Crippen molar-refractivity contribution in [2.75, 3.05) is 4.43 Å². The molecule has 0 amide bonds. The number of allylic oxidation sites excluding steroid dienone is 1. The molecule has 0 heterocycles. The summed E-state index contributed by atoms with van der Waals surface area (Å²) in [6.07, 6.45) is 1.86. The van der Waals surface area contributed by atoms with Crippen LogP contribution in [0.4, 0.5) is 0 Å². The molecule has 0 saturated carbocycles. The molecule has 0 aliphatic rings. The van der Waals surface area contributed by atoms with Gasteiger partial charge in [-0.3, -0.25) is 0 Å². The predicted octanol–water partition coefficient (Wildman–Crippen LogP) is 4.42. The fraction of sp³-hybridized carbons (Fsp3) is 0.333. The van der Waals surface area contributed by atoms with Crippen LogP contribution in [0.3, 0.4) is 0 Å². The monoisotopic (exact) mass is 288 g/mol. The molecule has 0 radical (unpaired) electrons. The minimum atomic E-state index is 0.659. The molecule has 0 nitrogen and oxygen atoms in total. The Kier molecular flexibility index (Phi) is 8.10. The lowest BCUT2D eigenvalue weighted by Gasteiger charge is -2.01. The molecule has 0 saturated heterocycles.